The lowest BCUT2D eigenvalue weighted by Gasteiger charge is -2.10. The van der Waals surface area contributed by atoms with E-state index in [0.717, 1.165) is 11.1 Å². The van der Waals surface area contributed by atoms with Crippen LogP contribution in [0.1, 0.15) is 27.0 Å². The van der Waals surface area contributed by atoms with Crippen LogP contribution in [0.4, 0.5) is 0 Å². The summed E-state index contributed by atoms with van der Waals surface area (Å²) >= 11 is 0. The fourth-order valence-corrected chi connectivity index (χ4v) is 2.54. The number of benzene rings is 3. The molecular weight excluding hydrogens is 310 g/mol. The molecule has 25 heavy (non-hydrogen) atoms. The maximum atomic E-state index is 12.3. The molecule has 3 nitrogen and oxygen atoms in total. The number of amides is 1. The zero-order chi connectivity index (χ0) is 17.5. The Bertz CT molecular complexity index is 843. The molecule has 0 aliphatic heterocycles. The number of hydrogen-bond acceptors (Lipinski definition) is 2. The van der Waals surface area contributed by atoms with E-state index < -0.39 is 0 Å². The number of hydrogen-bond donors (Lipinski definition) is 1. The molecule has 0 aromatic heterocycles. The van der Waals surface area contributed by atoms with Crippen LogP contribution >= 0.6 is 0 Å². The van der Waals surface area contributed by atoms with Gasteiger partial charge in [-0.1, -0.05) is 60.7 Å². The Kier molecular flexibility index (Phi) is 5.47. The summed E-state index contributed by atoms with van der Waals surface area (Å²) in [5, 5.41) is 2.93. The van der Waals surface area contributed by atoms with Crippen LogP contribution in [0.15, 0.2) is 78.9 Å². The van der Waals surface area contributed by atoms with E-state index in [2.05, 4.69) is 18.3 Å². The van der Waals surface area contributed by atoms with Crippen LogP contribution in [0.25, 0.3) is 0 Å². The van der Waals surface area contributed by atoms with Crippen LogP contribution in [-0.2, 0) is 13.2 Å². The van der Waals surface area contributed by atoms with Crippen molar-refractivity contribution in [1.29, 1.82) is 0 Å². The molecule has 3 aromatic rings. The second-order valence-electron chi connectivity index (χ2n) is 5.91. The lowest BCUT2D eigenvalue weighted by atomic mass is 10.1. The standard InChI is InChI=1S/C22H21NO2/c1-17-8-5-6-11-20(17)16-25-21-13-7-12-19(14-21)22(24)23-15-18-9-3-2-4-10-18/h2-14H,15-16H2,1H3,(H,23,24). The molecular formula is C22H21NO2. The quantitative estimate of drug-likeness (QED) is 0.722. The molecule has 126 valence electrons. The summed E-state index contributed by atoms with van der Waals surface area (Å²) in [5.41, 5.74) is 4.00. The summed E-state index contributed by atoms with van der Waals surface area (Å²) in [6.07, 6.45) is 0. The molecule has 1 N–H and O–H groups in total. The van der Waals surface area contributed by atoms with Crippen molar-refractivity contribution in [2.75, 3.05) is 0 Å². The van der Waals surface area contributed by atoms with Gasteiger partial charge in [0, 0.05) is 12.1 Å². The van der Waals surface area contributed by atoms with Gasteiger partial charge >= 0.3 is 0 Å². The van der Waals surface area contributed by atoms with Gasteiger partial charge < -0.3 is 10.1 Å². The van der Waals surface area contributed by atoms with E-state index in [1.54, 1.807) is 12.1 Å². The average Bonchev–Trinajstić information content (AvgIpc) is 2.66. The lowest BCUT2D eigenvalue weighted by Crippen LogP contribution is -2.22. The Hall–Kier alpha value is -3.07. The van der Waals surface area contributed by atoms with Crippen molar-refractivity contribution in [2.24, 2.45) is 0 Å². The van der Waals surface area contributed by atoms with E-state index in [-0.39, 0.29) is 5.91 Å². The molecule has 0 aliphatic rings. The minimum Gasteiger partial charge on any atom is -0.489 e. The number of nitrogens with one attached hydrogen (secondary N) is 1. The molecule has 0 saturated carbocycles. The average molecular weight is 331 g/mol. The van der Waals surface area contributed by atoms with Gasteiger partial charge in [0.25, 0.3) is 5.91 Å². The predicted molar refractivity (Wildman–Crippen MR) is 99.6 cm³/mol. The van der Waals surface area contributed by atoms with Crippen molar-refractivity contribution in [3.8, 4) is 5.75 Å². The Morgan fingerprint density at radius 3 is 2.48 bits per heavy atom. The second kappa shape index (κ2) is 8.15. The Balaban J connectivity index is 1.61. The highest BCUT2D eigenvalue weighted by Crippen LogP contribution is 2.16. The number of carbonyl (C=O) groups excluding carboxylic acids is 1. The topological polar surface area (TPSA) is 38.3 Å². The minimum absolute atomic E-state index is 0.106. The molecule has 0 unspecified atom stereocenters. The van der Waals surface area contributed by atoms with Crippen molar-refractivity contribution in [1.82, 2.24) is 5.32 Å². The van der Waals surface area contributed by atoms with Gasteiger partial charge in [-0.05, 0) is 41.8 Å². The van der Waals surface area contributed by atoms with Crippen molar-refractivity contribution in [3.05, 3.63) is 101 Å². The van der Waals surface area contributed by atoms with Crippen LogP contribution in [0.3, 0.4) is 0 Å². The van der Waals surface area contributed by atoms with Crippen LogP contribution in [-0.4, -0.2) is 5.91 Å². The first-order valence-corrected chi connectivity index (χ1v) is 8.32. The molecule has 3 aromatic carbocycles. The van der Waals surface area contributed by atoms with Gasteiger partial charge in [0.2, 0.25) is 0 Å². The normalized spacial score (nSPS) is 10.3. The van der Waals surface area contributed by atoms with Crippen molar-refractivity contribution in [2.45, 2.75) is 20.1 Å². The Morgan fingerprint density at radius 1 is 0.920 bits per heavy atom. The van der Waals surface area contributed by atoms with E-state index in [9.17, 15) is 4.79 Å². The van der Waals surface area contributed by atoms with Crippen molar-refractivity contribution < 1.29 is 9.53 Å². The molecule has 3 rings (SSSR count). The smallest absolute Gasteiger partial charge is 0.251 e. The second-order valence-corrected chi connectivity index (χ2v) is 5.91. The van der Waals surface area contributed by atoms with E-state index in [1.807, 2.05) is 60.7 Å². The highest BCUT2D eigenvalue weighted by atomic mass is 16.5. The summed E-state index contributed by atoms with van der Waals surface area (Å²) in [7, 11) is 0. The van der Waals surface area contributed by atoms with Gasteiger partial charge in [-0.3, -0.25) is 4.79 Å². The third-order valence-electron chi connectivity index (χ3n) is 4.05. The minimum atomic E-state index is -0.106. The third-order valence-corrected chi connectivity index (χ3v) is 4.05. The van der Waals surface area contributed by atoms with Gasteiger partial charge in [-0.2, -0.15) is 0 Å². The fourth-order valence-electron chi connectivity index (χ4n) is 2.54. The largest absolute Gasteiger partial charge is 0.489 e. The van der Waals surface area contributed by atoms with Crippen LogP contribution < -0.4 is 10.1 Å². The first-order chi connectivity index (χ1) is 12.2. The first kappa shape index (κ1) is 16.8. The molecule has 0 radical (unpaired) electrons. The highest BCUT2D eigenvalue weighted by Gasteiger charge is 2.07. The van der Waals surface area contributed by atoms with E-state index >= 15 is 0 Å². The molecule has 1 amide bonds. The molecule has 0 saturated heterocycles. The van der Waals surface area contributed by atoms with Crippen LogP contribution in [0.5, 0.6) is 5.75 Å². The number of carbonyl (C=O) groups is 1. The molecule has 3 heteroatoms. The van der Waals surface area contributed by atoms with E-state index in [1.165, 1.54) is 5.56 Å². The summed E-state index contributed by atoms with van der Waals surface area (Å²) in [6, 6.07) is 25.2. The van der Waals surface area contributed by atoms with Crippen LogP contribution in [0.2, 0.25) is 0 Å². The number of ether oxygens (including phenoxy) is 1. The van der Waals surface area contributed by atoms with E-state index in [0.29, 0.717) is 24.5 Å². The maximum Gasteiger partial charge on any atom is 0.251 e. The molecule has 0 heterocycles. The lowest BCUT2D eigenvalue weighted by molar-refractivity contribution is 0.0950. The fraction of sp³-hybridized carbons (Fsp3) is 0.136. The Labute approximate surface area is 148 Å². The number of aryl methyl sites for hydroxylation is 1. The molecule has 0 bridgehead atoms. The zero-order valence-corrected chi connectivity index (χ0v) is 14.2. The third kappa shape index (κ3) is 4.70. The number of rotatable bonds is 6. The monoisotopic (exact) mass is 331 g/mol. The van der Waals surface area contributed by atoms with Gasteiger partial charge in [0.15, 0.2) is 0 Å². The van der Waals surface area contributed by atoms with Crippen molar-refractivity contribution >= 4 is 5.91 Å². The van der Waals surface area contributed by atoms with Crippen LogP contribution in [0, 0.1) is 6.92 Å². The molecule has 0 aliphatic carbocycles. The zero-order valence-electron chi connectivity index (χ0n) is 14.2. The summed E-state index contributed by atoms with van der Waals surface area (Å²) in [4.78, 5) is 12.3. The van der Waals surface area contributed by atoms with Crippen molar-refractivity contribution in [3.63, 3.8) is 0 Å². The molecule has 0 atom stereocenters. The first-order valence-electron chi connectivity index (χ1n) is 8.32. The molecule has 0 spiro atoms. The Morgan fingerprint density at radius 2 is 1.68 bits per heavy atom. The van der Waals surface area contributed by atoms with E-state index in [4.69, 9.17) is 4.74 Å². The highest BCUT2D eigenvalue weighted by molar-refractivity contribution is 5.94. The van der Waals surface area contributed by atoms with Gasteiger partial charge in [-0.15, -0.1) is 0 Å². The predicted octanol–water partition coefficient (Wildman–Crippen LogP) is 4.50. The molecule has 0 fully saturated rings. The van der Waals surface area contributed by atoms with Gasteiger partial charge in [0.1, 0.15) is 12.4 Å². The van der Waals surface area contributed by atoms with Gasteiger partial charge in [-0.25, -0.2) is 0 Å². The maximum absolute atomic E-state index is 12.3. The summed E-state index contributed by atoms with van der Waals surface area (Å²) in [6.45, 7) is 3.06. The van der Waals surface area contributed by atoms with Gasteiger partial charge in [0.05, 0.1) is 0 Å². The summed E-state index contributed by atoms with van der Waals surface area (Å²) < 4.78 is 5.85. The SMILES string of the molecule is Cc1ccccc1COc1cccc(C(=O)NCc2ccccc2)c1. The summed E-state index contributed by atoms with van der Waals surface area (Å²) in [5.74, 6) is 0.584.